The van der Waals surface area contributed by atoms with Crippen LogP contribution in [0.25, 0.3) is 11.1 Å². The largest absolute Gasteiger partial charge is 0.490 e. The number of morpholine rings is 1. The van der Waals surface area contributed by atoms with Crippen molar-refractivity contribution in [3.63, 3.8) is 0 Å². The number of amides is 1. The summed E-state index contributed by atoms with van der Waals surface area (Å²) >= 11 is 0. The van der Waals surface area contributed by atoms with Crippen molar-refractivity contribution in [3.05, 3.63) is 30.6 Å². The third-order valence-corrected chi connectivity index (χ3v) is 3.82. The molecule has 128 valence electrons. The van der Waals surface area contributed by atoms with Crippen LogP contribution in [0.3, 0.4) is 0 Å². The van der Waals surface area contributed by atoms with Crippen LogP contribution >= 0.6 is 0 Å². The minimum Gasteiger partial charge on any atom is -0.490 e. The smallest absolute Gasteiger partial charge is 0.409 e. The predicted octanol–water partition coefficient (Wildman–Crippen LogP) is 1.88. The first-order valence-electron chi connectivity index (χ1n) is 7.78. The number of ether oxygens (including phenoxy) is 2. The maximum Gasteiger partial charge on any atom is 0.409 e. The first kappa shape index (κ1) is 16.3. The van der Waals surface area contributed by atoms with Gasteiger partial charge >= 0.3 is 6.09 Å². The molecule has 0 aliphatic carbocycles. The number of aromatic nitrogens is 2. The number of carboxylic acid groups (broad SMARTS) is 1. The van der Waals surface area contributed by atoms with Gasteiger partial charge in [-0.3, -0.25) is 15.3 Å². The lowest BCUT2D eigenvalue weighted by molar-refractivity contribution is 0.0323. The maximum atomic E-state index is 11.0. The van der Waals surface area contributed by atoms with Crippen LogP contribution in [0.5, 0.6) is 5.75 Å². The van der Waals surface area contributed by atoms with Crippen LogP contribution in [0.4, 0.5) is 10.5 Å². The van der Waals surface area contributed by atoms with Gasteiger partial charge in [0.2, 0.25) is 0 Å². The SMILES string of the molecule is O=C(O)Nc1ccc(-c2cn[nH]c2)cc1OCCN1CCOCC1. The van der Waals surface area contributed by atoms with Crippen LogP contribution in [0.15, 0.2) is 30.6 Å². The Morgan fingerprint density at radius 2 is 2.21 bits per heavy atom. The molecular formula is C16H20N4O4. The third-order valence-electron chi connectivity index (χ3n) is 3.82. The molecule has 1 aromatic heterocycles. The second-order valence-electron chi connectivity index (χ2n) is 5.43. The third kappa shape index (κ3) is 4.24. The molecule has 1 aliphatic rings. The standard InChI is InChI=1S/C16H20N4O4/c21-16(22)19-14-2-1-12(13-10-17-18-11-13)9-15(14)24-8-5-20-3-6-23-7-4-20/h1-2,9-11,19H,3-8H2,(H,17,18)(H,21,22). The molecule has 1 amide bonds. The number of carbonyl (C=O) groups is 1. The molecule has 3 rings (SSSR count). The van der Waals surface area contributed by atoms with E-state index in [0.29, 0.717) is 18.0 Å². The van der Waals surface area contributed by atoms with Gasteiger partial charge in [-0.1, -0.05) is 6.07 Å². The minimum atomic E-state index is -1.12. The van der Waals surface area contributed by atoms with Gasteiger partial charge in [0.25, 0.3) is 0 Å². The molecule has 1 saturated heterocycles. The molecular weight excluding hydrogens is 312 g/mol. The number of nitrogens with zero attached hydrogens (tertiary/aromatic N) is 2. The number of rotatable bonds is 6. The van der Waals surface area contributed by atoms with Crippen molar-refractivity contribution in [1.29, 1.82) is 0 Å². The van der Waals surface area contributed by atoms with E-state index in [4.69, 9.17) is 14.6 Å². The summed E-state index contributed by atoms with van der Waals surface area (Å²) < 4.78 is 11.2. The topological polar surface area (TPSA) is 99.7 Å². The highest BCUT2D eigenvalue weighted by Crippen LogP contribution is 2.30. The summed E-state index contributed by atoms with van der Waals surface area (Å²) in [5.41, 5.74) is 2.24. The van der Waals surface area contributed by atoms with E-state index in [1.807, 2.05) is 12.1 Å². The predicted molar refractivity (Wildman–Crippen MR) is 88.4 cm³/mol. The van der Waals surface area contributed by atoms with Crippen LogP contribution in [0.1, 0.15) is 0 Å². The van der Waals surface area contributed by atoms with Crippen molar-refractivity contribution >= 4 is 11.8 Å². The zero-order valence-corrected chi connectivity index (χ0v) is 13.2. The lowest BCUT2D eigenvalue weighted by Crippen LogP contribution is -2.38. The summed E-state index contributed by atoms with van der Waals surface area (Å²) in [6, 6.07) is 5.33. The maximum absolute atomic E-state index is 11.0. The van der Waals surface area contributed by atoms with Gasteiger partial charge in [-0.25, -0.2) is 4.79 Å². The van der Waals surface area contributed by atoms with Gasteiger partial charge < -0.3 is 14.6 Å². The molecule has 24 heavy (non-hydrogen) atoms. The fourth-order valence-corrected chi connectivity index (χ4v) is 2.56. The minimum absolute atomic E-state index is 0.428. The molecule has 0 spiro atoms. The van der Waals surface area contributed by atoms with Gasteiger partial charge in [-0.05, 0) is 17.7 Å². The van der Waals surface area contributed by atoms with Crippen LogP contribution in [0, 0.1) is 0 Å². The van der Waals surface area contributed by atoms with Crippen LogP contribution in [0.2, 0.25) is 0 Å². The molecule has 0 bridgehead atoms. The average molecular weight is 332 g/mol. The lowest BCUT2D eigenvalue weighted by atomic mass is 10.1. The Bertz CT molecular complexity index is 669. The van der Waals surface area contributed by atoms with E-state index < -0.39 is 6.09 Å². The fraction of sp³-hybridized carbons (Fsp3) is 0.375. The second kappa shape index (κ2) is 7.80. The van der Waals surface area contributed by atoms with Gasteiger partial charge in [0, 0.05) is 31.4 Å². The van der Waals surface area contributed by atoms with Crippen molar-refractivity contribution in [2.45, 2.75) is 0 Å². The number of aromatic amines is 1. The van der Waals surface area contributed by atoms with Crippen molar-refractivity contribution in [3.8, 4) is 16.9 Å². The van der Waals surface area contributed by atoms with Crippen molar-refractivity contribution in [2.75, 3.05) is 44.8 Å². The van der Waals surface area contributed by atoms with Gasteiger partial charge in [-0.2, -0.15) is 5.10 Å². The highest BCUT2D eigenvalue weighted by molar-refractivity contribution is 5.86. The Balaban J connectivity index is 1.69. The Morgan fingerprint density at radius 3 is 2.92 bits per heavy atom. The van der Waals surface area contributed by atoms with Gasteiger partial charge in [0.1, 0.15) is 12.4 Å². The summed E-state index contributed by atoms with van der Waals surface area (Å²) in [4.78, 5) is 13.2. The van der Waals surface area contributed by atoms with E-state index in [-0.39, 0.29) is 0 Å². The van der Waals surface area contributed by atoms with E-state index in [9.17, 15) is 4.79 Å². The van der Waals surface area contributed by atoms with Gasteiger partial charge in [0.05, 0.1) is 25.1 Å². The molecule has 8 nitrogen and oxygen atoms in total. The number of H-pyrrole nitrogens is 1. The van der Waals surface area contributed by atoms with E-state index in [2.05, 4.69) is 20.4 Å². The first-order valence-corrected chi connectivity index (χ1v) is 7.78. The molecule has 0 atom stereocenters. The van der Waals surface area contributed by atoms with E-state index in [1.54, 1.807) is 18.5 Å². The normalized spacial score (nSPS) is 15.2. The molecule has 2 aromatic rings. The highest BCUT2D eigenvalue weighted by atomic mass is 16.5. The molecule has 8 heteroatoms. The van der Waals surface area contributed by atoms with Gasteiger partial charge in [0.15, 0.2) is 0 Å². The average Bonchev–Trinajstić information content (AvgIpc) is 3.11. The van der Waals surface area contributed by atoms with Crippen LogP contribution in [-0.2, 0) is 4.74 Å². The Hall–Kier alpha value is -2.58. The monoisotopic (exact) mass is 332 g/mol. The van der Waals surface area contributed by atoms with E-state index in [0.717, 1.165) is 44.0 Å². The Morgan fingerprint density at radius 1 is 1.38 bits per heavy atom. The number of anilines is 1. The molecule has 2 heterocycles. The number of benzene rings is 1. The van der Waals surface area contributed by atoms with Crippen molar-refractivity contribution in [1.82, 2.24) is 15.1 Å². The molecule has 1 aromatic carbocycles. The summed E-state index contributed by atoms with van der Waals surface area (Å²) in [5.74, 6) is 0.504. The molecule has 3 N–H and O–H groups in total. The quantitative estimate of drug-likeness (QED) is 0.747. The summed E-state index contributed by atoms with van der Waals surface area (Å²) in [6.45, 7) is 4.50. The second-order valence-corrected chi connectivity index (χ2v) is 5.43. The Kier molecular flexibility index (Phi) is 5.29. The molecule has 0 unspecified atom stereocenters. The first-order chi connectivity index (χ1) is 11.7. The summed E-state index contributed by atoms with van der Waals surface area (Å²) in [5, 5.41) is 18.0. The van der Waals surface area contributed by atoms with E-state index >= 15 is 0 Å². The molecule has 0 saturated carbocycles. The van der Waals surface area contributed by atoms with Gasteiger partial charge in [-0.15, -0.1) is 0 Å². The van der Waals surface area contributed by atoms with E-state index in [1.165, 1.54) is 0 Å². The zero-order valence-electron chi connectivity index (χ0n) is 13.2. The van der Waals surface area contributed by atoms with Crippen molar-refractivity contribution in [2.24, 2.45) is 0 Å². The summed E-state index contributed by atoms with van der Waals surface area (Å²) in [7, 11) is 0. The molecule has 0 radical (unpaired) electrons. The lowest BCUT2D eigenvalue weighted by Gasteiger charge is -2.26. The number of nitrogens with one attached hydrogen (secondary N) is 2. The number of hydrogen-bond acceptors (Lipinski definition) is 5. The van der Waals surface area contributed by atoms with Crippen molar-refractivity contribution < 1.29 is 19.4 Å². The fourth-order valence-electron chi connectivity index (χ4n) is 2.56. The molecule has 1 aliphatic heterocycles. The number of hydrogen-bond donors (Lipinski definition) is 3. The zero-order chi connectivity index (χ0) is 16.8. The molecule has 1 fully saturated rings. The highest BCUT2D eigenvalue weighted by Gasteiger charge is 2.12. The summed E-state index contributed by atoms with van der Waals surface area (Å²) in [6.07, 6.45) is 2.36. The Labute approximate surface area is 139 Å². The van der Waals surface area contributed by atoms with Crippen LogP contribution in [-0.4, -0.2) is 65.8 Å². The van der Waals surface area contributed by atoms with Crippen LogP contribution < -0.4 is 10.1 Å².